The molecule has 0 aromatic rings. The number of rotatable bonds is 10. The van der Waals surface area contributed by atoms with Gasteiger partial charge in [-0.25, -0.2) is 0 Å². The van der Waals surface area contributed by atoms with Crippen LogP contribution in [0.25, 0.3) is 0 Å². The summed E-state index contributed by atoms with van der Waals surface area (Å²) in [4.78, 5) is 12.1. The van der Waals surface area contributed by atoms with Crippen LogP contribution in [0.15, 0.2) is 0 Å². The van der Waals surface area contributed by atoms with E-state index in [-0.39, 0.29) is 11.6 Å². The van der Waals surface area contributed by atoms with Gasteiger partial charge in [0.2, 0.25) is 0 Å². The average Bonchev–Trinajstić information content (AvgIpc) is 2.46. The van der Waals surface area contributed by atoms with E-state index in [2.05, 4.69) is 13.8 Å². The fourth-order valence-corrected chi connectivity index (χ4v) is 3.26. The van der Waals surface area contributed by atoms with Gasteiger partial charge in [-0.15, -0.1) is 0 Å². The molecule has 0 atom stereocenters. The van der Waals surface area contributed by atoms with Crippen LogP contribution in [0.4, 0.5) is 0 Å². The monoisotopic (exact) mass is 282 g/mol. The quantitative estimate of drug-likeness (QED) is 0.375. The van der Waals surface area contributed by atoms with E-state index in [4.69, 9.17) is 4.74 Å². The van der Waals surface area contributed by atoms with Gasteiger partial charge in [0.15, 0.2) is 0 Å². The Labute approximate surface area is 125 Å². The molecule has 0 bridgehead atoms. The van der Waals surface area contributed by atoms with Gasteiger partial charge >= 0.3 is 5.97 Å². The predicted molar refractivity (Wildman–Crippen MR) is 84.8 cm³/mol. The molecule has 20 heavy (non-hydrogen) atoms. The molecule has 1 rings (SSSR count). The molecule has 2 nitrogen and oxygen atoms in total. The van der Waals surface area contributed by atoms with Gasteiger partial charge in [0, 0.05) is 6.42 Å². The number of esters is 1. The van der Waals surface area contributed by atoms with Crippen molar-refractivity contribution in [1.29, 1.82) is 0 Å². The second-order valence-electron chi connectivity index (χ2n) is 6.49. The molecule has 0 N–H and O–H groups in total. The van der Waals surface area contributed by atoms with Crippen molar-refractivity contribution in [2.45, 2.75) is 109 Å². The van der Waals surface area contributed by atoms with Crippen LogP contribution in [0.1, 0.15) is 104 Å². The topological polar surface area (TPSA) is 26.3 Å². The van der Waals surface area contributed by atoms with Gasteiger partial charge in [0.1, 0.15) is 5.60 Å². The minimum absolute atomic E-state index is 0.0551. The summed E-state index contributed by atoms with van der Waals surface area (Å²) < 4.78 is 5.95. The lowest BCUT2D eigenvalue weighted by Gasteiger charge is -2.37. The highest BCUT2D eigenvalue weighted by atomic mass is 16.6. The van der Waals surface area contributed by atoms with Crippen LogP contribution >= 0.6 is 0 Å². The molecule has 0 aliphatic heterocycles. The first-order valence-electron chi connectivity index (χ1n) is 8.94. The SMILES string of the molecule is CCCCCCCC(=O)OC1(CCCC)CCCCC1. The largest absolute Gasteiger partial charge is 0.459 e. The van der Waals surface area contributed by atoms with Crippen LogP contribution in [0.2, 0.25) is 0 Å². The molecule has 2 heteroatoms. The molecule has 0 aromatic carbocycles. The van der Waals surface area contributed by atoms with Crippen LogP contribution in [0.5, 0.6) is 0 Å². The average molecular weight is 282 g/mol. The van der Waals surface area contributed by atoms with Crippen molar-refractivity contribution in [2.75, 3.05) is 0 Å². The number of hydrogen-bond donors (Lipinski definition) is 0. The van der Waals surface area contributed by atoms with Crippen LogP contribution in [-0.4, -0.2) is 11.6 Å². The van der Waals surface area contributed by atoms with E-state index in [1.54, 1.807) is 0 Å². The van der Waals surface area contributed by atoms with Crippen LogP contribution in [0, 0.1) is 0 Å². The summed E-state index contributed by atoms with van der Waals surface area (Å²) in [6.07, 6.45) is 16.0. The molecule has 0 amide bonds. The molecule has 0 aromatic heterocycles. The van der Waals surface area contributed by atoms with Gasteiger partial charge in [0.05, 0.1) is 0 Å². The Kier molecular flexibility index (Phi) is 8.97. The Morgan fingerprint density at radius 2 is 1.55 bits per heavy atom. The van der Waals surface area contributed by atoms with Crippen molar-refractivity contribution >= 4 is 5.97 Å². The van der Waals surface area contributed by atoms with Crippen LogP contribution < -0.4 is 0 Å². The van der Waals surface area contributed by atoms with Crippen molar-refractivity contribution in [3.63, 3.8) is 0 Å². The minimum atomic E-state index is -0.102. The number of carbonyl (C=O) groups is 1. The molecule has 1 saturated carbocycles. The van der Waals surface area contributed by atoms with E-state index >= 15 is 0 Å². The zero-order valence-corrected chi connectivity index (χ0v) is 13.7. The molecule has 1 aliphatic rings. The summed E-state index contributed by atoms with van der Waals surface area (Å²) in [6, 6.07) is 0. The lowest BCUT2D eigenvalue weighted by atomic mass is 9.81. The maximum Gasteiger partial charge on any atom is 0.306 e. The number of hydrogen-bond acceptors (Lipinski definition) is 2. The third-order valence-corrected chi connectivity index (χ3v) is 4.57. The second kappa shape index (κ2) is 10.2. The maximum atomic E-state index is 12.1. The number of unbranched alkanes of at least 4 members (excludes halogenated alkanes) is 5. The smallest absolute Gasteiger partial charge is 0.306 e. The van der Waals surface area contributed by atoms with E-state index in [0.29, 0.717) is 6.42 Å². The normalized spacial score (nSPS) is 17.9. The van der Waals surface area contributed by atoms with Crippen molar-refractivity contribution in [3.05, 3.63) is 0 Å². The predicted octanol–water partition coefficient (Wildman–Crippen LogP) is 5.78. The summed E-state index contributed by atoms with van der Waals surface area (Å²) in [5.74, 6) is 0.0551. The summed E-state index contributed by atoms with van der Waals surface area (Å²) in [5.41, 5.74) is -0.102. The first kappa shape index (κ1) is 17.5. The second-order valence-corrected chi connectivity index (χ2v) is 6.49. The third kappa shape index (κ3) is 6.76. The highest BCUT2D eigenvalue weighted by Crippen LogP contribution is 2.36. The molecular formula is C18H34O2. The minimum Gasteiger partial charge on any atom is -0.459 e. The highest BCUT2D eigenvalue weighted by molar-refractivity contribution is 5.69. The van der Waals surface area contributed by atoms with E-state index in [0.717, 1.165) is 25.7 Å². The Morgan fingerprint density at radius 1 is 0.900 bits per heavy atom. The molecule has 0 saturated heterocycles. The first-order valence-corrected chi connectivity index (χ1v) is 8.94. The molecule has 0 spiro atoms. The highest BCUT2D eigenvalue weighted by Gasteiger charge is 2.34. The third-order valence-electron chi connectivity index (χ3n) is 4.57. The van der Waals surface area contributed by atoms with Gasteiger partial charge in [0.25, 0.3) is 0 Å². The summed E-state index contributed by atoms with van der Waals surface area (Å²) in [5, 5.41) is 0. The van der Waals surface area contributed by atoms with Gasteiger partial charge in [-0.1, -0.05) is 52.4 Å². The van der Waals surface area contributed by atoms with Crippen LogP contribution in [-0.2, 0) is 9.53 Å². The van der Waals surface area contributed by atoms with Crippen molar-refractivity contribution in [2.24, 2.45) is 0 Å². The molecule has 0 heterocycles. The Hall–Kier alpha value is -0.530. The maximum absolute atomic E-state index is 12.1. The number of carbonyl (C=O) groups excluding carboxylic acids is 1. The number of ether oxygens (including phenoxy) is 1. The van der Waals surface area contributed by atoms with E-state index in [1.165, 1.54) is 57.8 Å². The lowest BCUT2D eigenvalue weighted by molar-refractivity contribution is -0.164. The molecule has 0 radical (unpaired) electrons. The van der Waals surface area contributed by atoms with Crippen molar-refractivity contribution < 1.29 is 9.53 Å². The van der Waals surface area contributed by atoms with Gasteiger partial charge in [-0.3, -0.25) is 4.79 Å². The molecule has 118 valence electrons. The zero-order valence-electron chi connectivity index (χ0n) is 13.7. The Bertz CT molecular complexity index is 254. The zero-order chi connectivity index (χ0) is 14.7. The standard InChI is InChI=1S/C18H34O2/c1-3-5-7-8-10-13-17(19)20-18(14-6-4-2)15-11-9-12-16-18/h3-16H2,1-2H3. The van der Waals surface area contributed by atoms with Crippen LogP contribution in [0.3, 0.4) is 0 Å². The van der Waals surface area contributed by atoms with Crippen molar-refractivity contribution in [1.82, 2.24) is 0 Å². The Balaban J connectivity index is 2.30. The van der Waals surface area contributed by atoms with E-state index in [9.17, 15) is 4.79 Å². The lowest BCUT2D eigenvalue weighted by Crippen LogP contribution is -2.37. The molecule has 1 fully saturated rings. The van der Waals surface area contributed by atoms with Gasteiger partial charge < -0.3 is 4.74 Å². The fraction of sp³-hybridized carbons (Fsp3) is 0.944. The summed E-state index contributed by atoms with van der Waals surface area (Å²) in [6.45, 7) is 4.43. The Morgan fingerprint density at radius 3 is 2.20 bits per heavy atom. The van der Waals surface area contributed by atoms with Gasteiger partial charge in [-0.05, 0) is 44.9 Å². The summed E-state index contributed by atoms with van der Waals surface area (Å²) >= 11 is 0. The van der Waals surface area contributed by atoms with Gasteiger partial charge in [-0.2, -0.15) is 0 Å². The van der Waals surface area contributed by atoms with E-state index in [1.807, 2.05) is 0 Å². The fourth-order valence-electron chi connectivity index (χ4n) is 3.26. The molecule has 0 unspecified atom stereocenters. The van der Waals surface area contributed by atoms with Crippen molar-refractivity contribution in [3.8, 4) is 0 Å². The summed E-state index contributed by atoms with van der Waals surface area (Å²) in [7, 11) is 0. The van der Waals surface area contributed by atoms with E-state index < -0.39 is 0 Å². The molecule has 1 aliphatic carbocycles. The molecular weight excluding hydrogens is 248 g/mol. The first-order chi connectivity index (χ1) is 9.72.